The van der Waals surface area contributed by atoms with Crippen molar-refractivity contribution in [2.45, 2.75) is 41.1 Å². The van der Waals surface area contributed by atoms with Crippen molar-refractivity contribution in [1.29, 1.82) is 0 Å². The zero-order valence-corrected chi connectivity index (χ0v) is 17.6. The van der Waals surface area contributed by atoms with E-state index >= 15 is 0 Å². The van der Waals surface area contributed by atoms with Gasteiger partial charge in [-0.1, -0.05) is 0 Å². The van der Waals surface area contributed by atoms with Crippen LogP contribution < -0.4 is 8.90 Å². The fourth-order valence-electron chi connectivity index (χ4n) is 2.54. The number of imidazole rings is 1. The first-order valence-electron chi connectivity index (χ1n) is 8.25. The Hall–Kier alpha value is -1.30. The van der Waals surface area contributed by atoms with Crippen molar-refractivity contribution in [2.75, 3.05) is 6.54 Å². The van der Waals surface area contributed by atoms with E-state index in [1.807, 2.05) is 11.5 Å². The summed E-state index contributed by atoms with van der Waals surface area (Å²) in [6.45, 7) is 4.83. The molecule has 0 bridgehead atoms. The van der Waals surface area contributed by atoms with Crippen molar-refractivity contribution in [3.8, 4) is 0 Å². The van der Waals surface area contributed by atoms with Crippen LogP contribution in [0.2, 0.25) is 14.8 Å². The molecule has 5 heteroatoms. The molecule has 2 aromatic rings. The number of hydrogen-bond donors (Lipinski definition) is 1. The third-order valence-corrected chi connectivity index (χ3v) is 10.0. The number of hydrogen-bond acceptors (Lipinski definition) is 2. The summed E-state index contributed by atoms with van der Waals surface area (Å²) in [4.78, 5) is 23.7. The molecule has 0 aliphatic heterocycles. The van der Waals surface area contributed by atoms with Gasteiger partial charge in [0.1, 0.15) is 0 Å². The Kier molecular flexibility index (Phi) is 5.89. The van der Waals surface area contributed by atoms with Crippen LogP contribution in [0.25, 0.3) is 0 Å². The van der Waals surface area contributed by atoms with E-state index in [0.29, 0.717) is 12.2 Å². The van der Waals surface area contributed by atoms with Crippen LogP contribution in [0.3, 0.4) is 0 Å². The van der Waals surface area contributed by atoms with E-state index in [1.54, 1.807) is 12.5 Å². The third-order valence-electron chi connectivity index (χ3n) is 4.11. The Balaban J connectivity index is 2.23. The van der Waals surface area contributed by atoms with Crippen LogP contribution in [0.4, 0.5) is 0 Å². The van der Waals surface area contributed by atoms with Gasteiger partial charge in [0.25, 0.3) is 0 Å². The molecule has 1 amide bonds. The number of carbonyl (C=O) groups excluding carboxylic acids is 1. The fraction of sp³-hybridized carbons (Fsp3) is 0.444. The molecule has 0 aliphatic carbocycles. The first-order chi connectivity index (χ1) is 10.8. The summed E-state index contributed by atoms with van der Waals surface area (Å²) in [5, 5.41) is 2.92. The number of aromatic nitrogens is 2. The van der Waals surface area contributed by atoms with Crippen LogP contribution in [-0.4, -0.2) is 40.4 Å². The molecule has 0 radical (unpaired) electrons. The first-order valence-corrected chi connectivity index (χ1v) is 18.2. The number of nitrogens with zero attached hydrogens (tertiary/aromatic N) is 2. The summed E-state index contributed by atoms with van der Waals surface area (Å²) < 4.78 is 3.46. The second-order valence-electron chi connectivity index (χ2n) is 6.99. The van der Waals surface area contributed by atoms with Crippen molar-refractivity contribution in [1.82, 2.24) is 14.9 Å². The standard InChI is InChI=1S/C15H18N3O.3CH3.Sn/c1-3-9-17-15(19)14-10-16-11-18(14)12(2)13-7-5-4-6-8-13;;;;/h5-8,10-12H,3,9H2,1-2H3,(H,17,19);3*1H3;. The minimum atomic E-state index is -2.01. The molecule has 1 heterocycles. The van der Waals surface area contributed by atoms with Gasteiger partial charge in [-0.25, -0.2) is 0 Å². The van der Waals surface area contributed by atoms with Gasteiger partial charge in [-0.05, 0) is 0 Å². The van der Waals surface area contributed by atoms with Gasteiger partial charge in [-0.15, -0.1) is 0 Å². The number of carbonyl (C=O) groups is 1. The molecule has 1 aromatic carbocycles. The van der Waals surface area contributed by atoms with Crippen molar-refractivity contribution < 1.29 is 4.79 Å². The maximum absolute atomic E-state index is 12.2. The summed E-state index contributed by atoms with van der Waals surface area (Å²) in [6, 6.07) is 8.99. The Morgan fingerprint density at radius 2 is 1.91 bits per heavy atom. The maximum atomic E-state index is 12.2. The molecule has 1 aromatic heterocycles. The molecule has 124 valence electrons. The van der Waals surface area contributed by atoms with Gasteiger partial charge in [0.15, 0.2) is 0 Å². The quantitative estimate of drug-likeness (QED) is 0.731. The molecule has 0 saturated heterocycles. The molecule has 1 atom stereocenters. The summed E-state index contributed by atoms with van der Waals surface area (Å²) in [6.07, 6.45) is 4.31. The van der Waals surface area contributed by atoms with Crippen LogP contribution >= 0.6 is 0 Å². The number of nitrogens with one attached hydrogen (secondary N) is 1. The van der Waals surface area contributed by atoms with Gasteiger partial charge in [-0.2, -0.15) is 0 Å². The fourth-order valence-corrected chi connectivity index (χ4v) is 5.87. The number of benzene rings is 1. The molecular formula is C18H27N3OSn. The average molecular weight is 420 g/mol. The number of rotatable bonds is 6. The predicted molar refractivity (Wildman–Crippen MR) is 98.1 cm³/mol. The van der Waals surface area contributed by atoms with Crippen molar-refractivity contribution >= 4 is 27.9 Å². The molecule has 2 rings (SSSR count). The summed E-state index contributed by atoms with van der Waals surface area (Å²) >= 11 is -2.01. The second-order valence-corrected chi connectivity index (χ2v) is 21.5. The molecular weight excluding hydrogens is 393 g/mol. The Labute approximate surface area is 143 Å². The van der Waals surface area contributed by atoms with E-state index in [1.165, 1.54) is 9.14 Å². The van der Waals surface area contributed by atoms with Crippen LogP contribution in [0, 0.1) is 0 Å². The van der Waals surface area contributed by atoms with Crippen LogP contribution in [0.5, 0.6) is 0 Å². The predicted octanol–water partition coefficient (Wildman–Crippen LogP) is 3.18. The molecule has 0 spiro atoms. The monoisotopic (exact) mass is 421 g/mol. The summed E-state index contributed by atoms with van der Waals surface area (Å²) in [7, 11) is 0. The summed E-state index contributed by atoms with van der Waals surface area (Å²) in [5.41, 5.74) is 1.82. The van der Waals surface area contributed by atoms with E-state index in [-0.39, 0.29) is 11.9 Å². The Morgan fingerprint density at radius 3 is 2.48 bits per heavy atom. The second kappa shape index (κ2) is 7.51. The van der Waals surface area contributed by atoms with Crippen molar-refractivity contribution in [2.24, 2.45) is 0 Å². The van der Waals surface area contributed by atoms with Gasteiger partial charge in [0.2, 0.25) is 0 Å². The molecule has 0 fully saturated rings. The van der Waals surface area contributed by atoms with Gasteiger partial charge < -0.3 is 0 Å². The number of amides is 1. The van der Waals surface area contributed by atoms with Crippen molar-refractivity contribution in [3.05, 3.63) is 48.0 Å². The van der Waals surface area contributed by atoms with Gasteiger partial charge in [0.05, 0.1) is 0 Å². The van der Waals surface area contributed by atoms with Gasteiger partial charge in [0, 0.05) is 0 Å². The SMILES string of the molecule is CCCNC(=O)c1cncn1C(C)c1cc[c]([Sn]([CH3])([CH3])[CH3])cc1. The van der Waals surface area contributed by atoms with E-state index in [0.717, 1.165) is 6.42 Å². The Bertz CT molecular complexity index is 656. The van der Waals surface area contributed by atoms with Gasteiger partial charge in [-0.3, -0.25) is 0 Å². The Morgan fingerprint density at radius 1 is 1.26 bits per heavy atom. The van der Waals surface area contributed by atoms with Crippen LogP contribution in [0.1, 0.15) is 42.4 Å². The van der Waals surface area contributed by atoms with E-state index < -0.39 is 18.4 Å². The molecule has 1 N–H and O–H groups in total. The normalized spacial score (nSPS) is 12.9. The van der Waals surface area contributed by atoms with Crippen LogP contribution in [-0.2, 0) is 0 Å². The minimum absolute atomic E-state index is 0.0567. The summed E-state index contributed by atoms with van der Waals surface area (Å²) in [5.74, 6) is -0.0567. The molecule has 0 saturated carbocycles. The zero-order valence-electron chi connectivity index (χ0n) is 14.8. The average Bonchev–Trinajstić information content (AvgIpc) is 3.00. The van der Waals surface area contributed by atoms with Crippen LogP contribution in [0.15, 0.2) is 36.8 Å². The topological polar surface area (TPSA) is 46.9 Å². The van der Waals surface area contributed by atoms with E-state index in [9.17, 15) is 4.79 Å². The zero-order chi connectivity index (χ0) is 17.0. The van der Waals surface area contributed by atoms with Gasteiger partial charge >= 0.3 is 143 Å². The molecule has 1 unspecified atom stereocenters. The van der Waals surface area contributed by atoms with Crippen molar-refractivity contribution in [3.63, 3.8) is 0 Å². The molecule has 4 nitrogen and oxygen atoms in total. The third kappa shape index (κ3) is 4.37. The first kappa shape index (κ1) is 18.0. The van der Waals surface area contributed by atoms with E-state index in [2.05, 4.69) is 56.3 Å². The molecule has 23 heavy (non-hydrogen) atoms. The molecule has 0 aliphatic rings. The van der Waals surface area contributed by atoms with E-state index in [4.69, 9.17) is 0 Å².